The highest BCUT2D eigenvalue weighted by Gasteiger charge is 2.20. The Balaban J connectivity index is 0.000000185. The van der Waals surface area contributed by atoms with Gasteiger partial charge in [-0.3, -0.25) is 4.99 Å². The molecular weight excluding hydrogens is 292 g/mol. The monoisotopic (exact) mass is 326 g/mol. The van der Waals surface area contributed by atoms with Crippen LogP contribution in [0.15, 0.2) is 35.3 Å². The largest absolute Gasteiger partial charge is 0.372 e. The van der Waals surface area contributed by atoms with E-state index in [2.05, 4.69) is 82.2 Å². The molecule has 1 heterocycles. The summed E-state index contributed by atoms with van der Waals surface area (Å²) in [5, 5.41) is 3.22. The average Bonchev–Trinajstić information content (AvgIpc) is 3.07. The van der Waals surface area contributed by atoms with Crippen LogP contribution in [0.4, 0.5) is 0 Å². The Hall–Kier alpha value is -1.57. The third-order valence-corrected chi connectivity index (χ3v) is 4.24. The van der Waals surface area contributed by atoms with E-state index < -0.39 is 0 Å². The number of benzene rings is 1. The summed E-state index contributed by atoms with van der Waals surface area (Å²) < 4.78 is 0. The lowest BCUT2D eigenvalue weighted by Crippen LogP contribution is -2.29. The highest BCUT2D eigenvalue weighted by atomic mass is 15.1. The minimum Gasteiger partial charge on any atom is -0.372 e. The first kappa shape index (κ1) is 18.8. The molecule has 132 valence electrons. The van der Waals surface area contributed by atoms with Crippen molar-refractivity contribution in [2.24, 2.45) is 15.8 Å². The van der Waals surface area contributed by atoms with Crippen molar-refractivity contribution in [3.63, 3.8) is 0 Å². The maximum atomic E-state index is 4.11. The van der Waals surface area contributed by atoms with E-state index in [1.54, 1.807) is 0 Å². The van der Waals surface area contributed by atoms with Crippen LogP contribution in [-0.4, -0.2) is 18.9 Å². The third-order valence-electron chi connectivity index (χ3n) is 4.24. The lowest BCUT2D eigenvalue weighted by molar-refractivity contribution is 0.336. The molecule has 1 atom stereocenters. The van der Waals surface area contributed by atoms with Gasteiger partial charge in [-0.15, -0.1) is 0 Å². The molecule has 1 aromatic rings. The van der Waals surface area contributed by atoms with Crippen LogP contribution in [0.3, 0.4) is 0 Å². The van der Waals surface area contributed by atoms with Gasteiger partial charge in [0.25, 0.3) is 0 Å². The fraction of sp³-hybridized carbons (Fsp3) is 0.591. The molecule has 0 spiro atoms. The van der Waals surface area contributed by atoms with Crippen molar-refractivity contribution < 1.29 is 0 Å². The number of allylic oxidation sites excluding steroid dienone is 2. The molecule has 1 N–H and O–H groups in total. The number of hydrogen-bond acceptors (Lipinski definition) is 2. The van der Waals surface area contributed by atoms with Crippen molar-refractivity contribution in [1.82, 2.24) is 5.32 Å². The summed E-state index contributed by atoms with van der Waals surface area (Å²) >= 11 is 0. The summed E-state index contributed by atoms with van der Waals surface area (Å²) in [5.74, 6) is 0. The van der Waals surface area contributed by atoms with Crippen LogP contribution in [0.5, 0.6) is 0 Å². The lowest BCUT2D eigenvalue weighted by atomic mass is 9.86. The first-order valence-electron chi connectivity index (χ1n) is 9.16. The second kappa shape index (κ2) is 7.55. The summed E-state index contributed by atoms with van der Waals surface area (Å²) in [4.78, 5) is 4.11. The zero-order valence-corrected chi connectivity index (χ0v) is 16.3. The molecule has 24 heavy (non-hydrogen) atoms. The molecule has 0 radical (unpaired) electrons. The van der Waals surface area contributed by atoms with E-state index in [0.717, 1.165) is 13.0 Å². The molecule has 0 aromatic heterocycles. The number of aliphatic imine (C=N–C) groups is 1. The van der Waals surface area contributed by atoms with Crippen molar-refractivity contribution in [3.8, 4) is 0 Å². The zero-order chi connectivity index (χ0) is 17.8. The van der Waals surface area contributed by atoms with Gasteiger partial charge in [-0.2, -0.15) is 0 Å². The molecule has 2 aliphatic rings. The van der Waals surface area contributed by atoms with Gasteiger partial charge in [-0.1, -0.05) is 71.9 Å². The van der Waals surface area contributed by atoms with Gasteiger partial charge in [0, 0.05) is 6.04 Å². The van der Waals surface area contributed by atoms with Crippen LogP contribution in [0.1, 0.15) is 65.5 Å². The van der Waals surface area contributed by atoms with E-state index in [4.69, 9.17) is 0 Å². The molecule has 1 unspecified atom stereocenters. The third kappa shape index (κ3) is 6.14. The normalized spacial score (nSPS) is 19.2. The number of rotatable bonds is 2. The van der Waals surface area contributed by atoms with Crippen molar-refractivity contribution in [2.75, 3.05) is 6.54 Å². The Morgan fingerprint density at radius 3 is 2.33 bits per heavy atom. The van der Waals surface area contributed by atoms with Gasteiger partial charge in [-0.25, -0.2) is 0 Å². The summed E-state index contributed by atoms with van der Waals surface area (Å²) in [7, 11) is 0. The van der Waals surface area contributed by atoms with Gasteiger partial charge in [0.05, 0.1) is 12.9 Å². The number of nitrogens with one attached hydrogen (secondary N) is 1. The molecule has 0 fully saturated rings. The van der Waals surface area contributed by atoms with E-state index in [1.807, 2.05) is 6.34 Å². The van der Waals surface area contributed by atoms with Crippen LogP contribution >= 0.6 is 0 Å². The summed E-state index contributed by atoms with van der Waals surface area (Å²) in [6.45, 7) is 14.6. The van der Waals surface area contributed by atoms with Crippen LogP contribution in [0.2, 0.25) is 0 Å². The molecule has 2 heteroatoms. The maximum absolute atomic E-state index is 4.11. The standard InChI is InChI=1S/C14H18.C8H16N2/c1-14(2,3)10-12-9-8-11-6-4-5-7-13(11)12;1-8(2,3)4-7-5-9-6-10-7/h4-7,9H,8,10H2,1-3H3;6-7H,4-5H2,1-3H3,(H,9,10). The zero-order valence-electron chi connectivity index (χ0n) is 16.3. The minimum absolute atomic E-state index is 0.392. The summed E-state index contributed by atoms with van der Waals surface area (Å²) in [6, 6.07) is 9.34. The predicted molar refractivity (Wildman–Crippen MR) is 107 cm³/mol. The van der Waals surface area contributed by atoms with Crippen LogP contribution < -0.4 is 5.32 Å². The fourth-order valence-electron chi connectivity index (χ4n) is 3.35. The molecule has 0 saturated heterocycles. The van der Waals surface area contributed by atoms with E-state index >= 15 is 0 Å². The number of hydrogen-bond donors (Lipinski definition) is 1. The molecule has 3 rings (SSSR count). The summed E-state index contributed by atoms with van der Waals surface area (Å²) in [5.41, 5.74) is 5.32. The molecule has 1 aliphatic heterocycles. The Bertz CT molecular complexity index is 589. The summed E-state index contributed by atoms with van der Waals surface area (Å²) in [6.07, 6.45) is 7.71. The Kier molecular flexibility index (Phi) is 5.90. The molecule has 1 aromatic carbocycles. The maximum Gasteiger partial charge on any atom is 0.0827 e. The van der Waals surface area contributed by atoms with Crippen molar-refractivity contribution in [2.45, 2.75) is 66.8 Å². The average molecular weight is 327 g/mol. The van der Waals surface area contributed by atoms with Gasteiger partial charge >= 0.3 is 0 Å². The van der Waals surface area contributed by atoms with E-state index in [0.29, 0.717) is 16.9 Å². The Morgan fingerprint density at radius 2 is 1.75 bits per heavy atom. The van der Waals surface area contributed by atoms with Gasteiger partial charge in [0.1, 0.15) is 0 Å². The van der Waals surface area contributed by atoms with E-state index in [1.165, 1.54) is 29.5 Å². The van der Waals surface area contributed by atoms with Crippen LogP contribution in [0.25, 0.3) is 5.57 Å². The topological polar surface area (TPSA) is 24.4 Å². The quantitative estimate of drug-likeness (QED) is 0.764. The Labute approximate surface area is 148 Å². The van der Waals surface area contributed by atoms with Gasteiger partial charge in [0.2, 0.25) is 0 Å². The molecule has 0 amide bonds. The number of fused-ring (bicyclic) bond motifs is 1. The van der Waals surface area contributed by atoms with E-state index in [9.17, 15) is 0 Å². The van der Waals surface area contributed by atoms with Crippen LogP contribution in [-0.2, 0) is 6.42 Å². The molecular formula is C22H34N2. The smallest absolute Gasteiger partial charge is 0.0827 e. The van der Waals surface area contributed by atoms with Gasteiger partial charge in [-0.05, 0) is 46.8 Å². The predicted octanol–water partition coefficient (Wildman–Crippen LogP) is 5.49. The molecule has 2 nitrogen and oxygen atoms in total. The Morgan fingerprint density at radius 1 is 1.04 bits per heavy atom. The van der Waals surface area contributed by atoms with Gasteiger partial charge < -0.3 is 5.32 Å². The minimum atomic E-state index is 0.392. The van der Waals surface area contributed by atoms with E-state index in [-0.39, 0.29) is 0 Å². The first-order valence-corrected chi connectivity index (χ1v) is 9.16. The van der Waals surface area contributed by atoms with Crippen molar-refractivity contribution in [1.29, 1.82) is 0 Å². The van der Waals surface area contributed by atoms with Crippen LogP contribution in [0, 0.1) is 10.8 Å². The van der Waals surface area contributed by atoms with Gasteiger partial charge in [0.15, 0.2) is 0 Å². The highest BCUT2D eigenvalue weighted by molar-refractivity contribution is 5.73. The lowest BCUT2D eigenvalue weighted by Gasteiger charge is -2.22. The second-order valence-electron chi connectivity index (χ2n) is 9.45. The van der Waals surface area contributed by atoms with Crippen molar-refractivity contribution in [3.05, 3.63) is 41.5 Å². The molecule has 0 bridgehead atoms. The molecule has 0 saturated carbocycles. The van der Waals surface area contributed by atoms with Crippen molar-refractivity contribution >= 4 is 11.9 Å². The second-order valence-corrected chi connectivity index (χ2v) is 9.45. The SMILES string of the molecule is CC(C)(C)CC1=CCc2ccccc21.CC(C)(C)CC1CN=CN1. The fourth-order valence-corrected chi connectivity index (χ4v) is 3.35. The highest BCUT2D eigenvalue weighted by Crippen LogP contribution is 2.35. The number of nitrogens with zero attached hydrogens (tertiary/aromatic N) is 1. The first-order chi connectivity index (χ1) is 11.1. The molecule has 1 aliphatic carbocycles.